The molecule has 0 saturated heterocycles. The van der Waals surface area contributed by atoms with E-state index in [0.717, 1.165) is 6.07 Å². The Morgan fingerprint density at radius 2 is 1.65 bits per heavy atom. The molecule has 0 bridgehead atoms. The van der Waals surface area contributed by atoms with Crippen molar-refractivity contribution in [3.05, 3.63) is 23.8 Å². The van der Waals surface area contributed by atoms with E-state index in [2.05, 4.69) is 9.47 Å². The monoisotopic (exact) mass is 275 g/mol. The van der Waals surface area contributed by atoms with Crippen LogP contribution < -0.4 is 15.2 Å². The Hall–Kier alpha value is -1.21. The lowest BCUT2D eigenvalue weighted by molar-refractivity contribution is -0.0546. The van der Waals surface area contributed by atoms with Gasteiger partial charge in [0.1, 0.15) is 11.5 Å². The van der Waals surface area contributed by atoms with Crippen LogP contribution in [0.4, 0.5) is 17.6 Å². The molecule has 0 radical (unpaired) electrons. The number of halogens is 5. The number of alkyl halides is 4. The molecule has 0 spiro atoms. The van der Waals surface area contributed by atoms with E-state index in [1.807, 2.05) is 0 Å². The highest BCUT2D eigenvalue weighted by Crippen LogP contribution is 2.27. The van der Waals surface area contributed by atoms with Gasteiger partial charge in [-0.05, 0) is 6.07 Å². The molecule has 0 heterocycles. The Balaban J connectivity index is 0.00000256. The largest absolute Gasteiger partial charge is 0.435 e. The Kier molecular flexibility index (Phi) is 6.67. The van der Waals surface area contributed by atoms with E-state index >= 15 is 0 Å². The van der Waals surface area contributed by atoms with Crippen LogP contribution in [0.2, 0.25) is 0 Å². The average Bonchev–Trinajstić information content (AvgIpc) is 2.16. The predicted octanol–water partition coefficient (Wildman–Crippen LogP) is 2.77. The average molecular weight is 276 g/mol. The van der Waals surface area contributed by atoms with E-state index in [-0.39, 0.29) is 36.0 Å². The molecule has 2 N–H and O–H groups in total. The molecule has 1 rings (SSSR count). The van der Waals surface area contributed by atoms with Crippen LogP contribution in [0.5, 0.6) is 11.5 Å². The first kappa shape index (κ1) is 15.8. The van der Waals surface area contributed by atoms with E-state index in [1.54, 1.807) is 0 Å². The first-order valence-electron chi connectivity index (χ1n) is 4.25. The van der Waals surface area contributed by atoms with Crippen LogP contribution in [0.25, 0.3) is 0 Å². The topological polar surface area (TPSA) is 44.5 Å². The maximum absolute atomic E-state index is 12.0. The van der Waals surface area contributed by atoms with Gasteiger partial charge in [0.25, 0.3) is 0 Å². The first-order valence-corrected chi connectivity index (χ1v) is 4.25. The maximum Gasteiger partial charge on any atom is 0.387 e. The van der Waals surface area contributed by atoms with Crippen molar-refractivity contribution in [1.82, 2.24) is 0 Å². The van der Waals surface area contributed by atoms with Crippen molar-refractivity contribution in [1.29, 1.82) is 0 Å². The van der Waals surface area contributed by atoms with E-state index in [1.165, 1.54) is 12.1 Å². The molecule has 98 valence electrons. The first-order chi connectivity index (χ1) is 7.52. The van der Waals surface area contributed by atoms with Gasteiger partial charge in [0, 0.05) is 18.2 Å². The molecular weight excluding hydrogens is 266 g/mol. The van der Waals surface area contributed by atoms with Crippen molar-refractivity contribution in [3.8, 4) is 11.5 Å². The minimum Gasteiger partial charge on any atom is -0.435 e. The summed E-state index contributed by atoms with van der Waals surface area (Å²) in [6, 6.07) is 3.43. The summed E-state index contributed by atoms with van der Waals surface area (Å²) in [5, 5.41) is 0. The number of hydrogen-bond donors (Lipinski definition) is 1. The van der Waals surface area contributed by atoms with E-state index in [9.17, 15) is 17.6 Å². The van der Waals surface area contributed by atoms with Crippen molar-refractivity contribution < 1.29 is 27.0 Å². The summed E-state index contributed by atoms with van der Waals surface area (Å²) < 4.78 is 55.8. The molecular formula is C9H10ClF4NO2. The van der Waals surface area contributed by atoms with Crippen molar-refractivity contribution in [2.24, 2.45) is 5.73 Å². The Morgan fingerprint density at radius 3 is 2.12 bits per heavy atom. The highest BCUT2D eigenvalue weighted by molar-refractivity contribution is 5.85. The van der Waals surface area contributed by atoms with E-state index in [0.29, 0.717) is 0 Å². The molecule has 0 atom stereocenters. The van der Waals surface area contributed by atoms with Gasteiger partial charge in [-0.1, -0.05) is 6.07 Å². The second kappa shape index (κ2) is 7.18. The Bertz CT molecular complexity index is 352. The standard InChI is InChI=1S/C9H9F4NO2.ClH/c10-8(11)15-6-2-1-5(4-14)7(3-6)16-9(12)13;/h1-3,8-9H,4,14H2;1H. The number of nitrogens with two attached hydrogens (primary N) is 1. The van der Waals surface area contributed by atoms with Gasteiger partial charge in [0.05, 0.1) is 0 Å². The fraction of sp³-hybridized carbons (Fsp3) is 0.333. The van der Waals surface area contributed by atoms with Gasteiger partial charge >= 0.3 is 13.2 Å². The smallest absolute Gasteiger partial charge is 0.387 e. The molecule has 0 aromatic heterocycles. The minimum atomic E-state index is -3.05. The van der Waals surface area contributed by atoms with Crippen LogP contribution in [0, 0.1) is 0 Å². The lowest BCUT2D eigenvalue weighted by atomic mass is 10.2. The summed E-state index contributed by atoms with van der Waals surface area (Å²) in [6.07, 6.45) is 0. The SMILES string of the molecule is Cl.NCc1ccc(OC(F)F)cc1OC(F)F. The van der Waals surface area contributed by atoms with Gasteiger partial charge in [-0.15, -0.1) is 12.4 Å². The highest BCUT2D eigenvalue weighted by atomic mass is 35.5. The van der Waals surface area contributed by atoms with Crippen LogP contribution >= 0.6 is 12.4 Å². The summed E-state index contributed by atoms with van der Waals surface area (Å²) in [6.45, 7) is -6.12. The van der Waals surface area contributed by atoms with Crippen LogP contribution in [0.3, 0.4) is 0 Å². The van der Waals surface area contributed by atoms with Crippen molar-refractivity contribution in [2.45, 2.75) is 19.8 Å². The van der Waals surface area contributed by atoms with Crippen molar-refractivity contribution in [3.63, 3.8) is 0 Å². The third kappa shape index (κ3) is 5.10. The van der Waals surface area contributed by atoms with Crippen LogP contribution in [-0.4, -0.2) is 13.2 Å². The van der Waals surface area contributed by atoms with Gasteiger partial charge in [-0.2, -0.15) is 17.6 Å². The normalized spacial score (nSPS) is 10.3. The summed E-state index contributed by atoms with van der Waals surface area (Å²) in [5.41, 5.74) is 5.54. The molecule has 0 aliphatic heterocycles. The second-order valence-electron chi connectivity index (χ2n) is 2.73. The molecule has 0 aliphatic carbocycles. The molecule has 0 fully saturated rings. The van der Waals surface area contributed by atoms with E-state index in [4.69, 9.17) is 5.73 Å². The lowest BCUT2D eigenvalue weighted by Gasteiger charge is -2.11. The molecule has 0 unspecified atom stereocenters. The van der Waals surface area contributed by atoms with Crippen molar-refractivity contribution in [2.75, 3.05) is 0 Å². The summed E-state index contributed by atoms with van der Waals surface area (Å²) in [5.74, 6) is -0.529. The second-order valence-corrected chi connectivity index (χ2v) is 2.73. The number of benzene rings is 1. The molecule has 8 heteroatoms. The molecule has 1 aromatic carbocycles. The zero-order valence-electron chi connectivity index (χ0n) is 8.41. The molecule has 3 nitrogen and oxygen atoms in total. The fourth-order valence-corrected chi connectivity index (χ4v) is 1.09. The fourth-order valence-electron chi connectivity index (χ4n) is 1.09. The zero-order valence-corrected chi connectivity index (χ0v) is 9.22. The van der Waals surface area contributed by atoms with Crippen molar-refractivity contribution >= 4 is 12.4 Å². The predicted molar refractivity (Wildman–Crippen MR) is 54.8 cm³/mol. The number of ether oxygens (including phenoxy) is 2. The summed E-state index contributed by atoms with van der Waals surface area (Å²) in [4.78, 5) is 0. The van der Waals surface area contributed by atoms with Gasteiger partial charge < -0.3 is 15.2 Å². The van der Waals surface area contributed by atoms with Crippen LogP contribution in [-0.2, 0) is 6.54 Å². The quantitative estimate of drug-likeness (QED) is 0.841. The zero-order chi connectivity index (χ0) is 12.1. The number of hydrogen-bond acceptors (Lipinski definition) is 3. The molecule has 0 aliphatic rings. The molecule has 1 aromatic rings. The number of rotatable bonds is 5. The maximum atomic E-state index is 12.0. The van der Waals surface area contributed by atoms with Gasteiger partial charge in [0.2, 0.25) is 0 Å². The van der Waals surface area contributed by atoms with Gasteiger partial charge in [-0.3, -0.25) is 0 Å². The molecule has 17 heavy (non-hydrogen) atoms. The third-order valence-corrected chi connectivity index (χ3v) is 1.70. The van der Waals surface area contributed by atoms with Gasteiger partial charge in [0.15, 0.2) is 0 Å². The minimum absolute atomic E-state index is 0. The highest BCUT2D eigenvalue weighted by Gasteiger charge is 2.12. The Labute approximate surface area is 101 Å². The third-order valence-electron chi connectivity index (χ3n) is 1.70. The molecule has 0 saturated carbocycles. The Morgan fingerprint density at radius 1 is 1.06 bits per heavy atom. The summed E-state index contributed by atoms with van der Waals surface area (Å²) >= 11 is 0. The lowest BCUT2D eigenvalue weighted by Crippen LogP contribution is -2.08. The van der Waals surface area contributed by atoms with Crippen LogP contribution in [0.1, 0.15) is 5.56 Å². The van der Waals surface area contributed by atoms with E-state index < -0.39 is 13.2 Å². The molecule has 0 amide bonds. The summed E-state index contributed by atoms with van der Waals surface area (Å²) in [7, 11) is 0. The van der Waals surface area contributed by atoms with Gasteiger partial charge in [-0.25, -0.2) is 0 Å². The van der Waals surface area contributed by atoms with Crippen LogP contribution in [0.15, 0.2) is 18.2 Å².